The topological polar surface area (TPSA) is 103 Å². The highest BCUT2D eigenvalue weighted by atomic mass is 32.2. The lowest BCUT2D eigenvalue weighted by Gasteiger charge is -2.13. The predicted octanol–water partition coefficient (Wildman–Crippen LogP) is 3.09. The van der Waals surface area contributed by atoms with Crippen molar-refractivity contribution in [2.75, 3.05) is 11.1 Å². The molecule has 0 saturated carbocycles. The van der Waals surface area contributed by atoms with Gasteiger partial charge >= 0.3 is 6.01 Å². The van der Waals surface area contributed by atoms with Gasteiger partial charge in [-0.25, -0.2) is 13.8 Å². The number of fused-ring (bicyclic) bond motifs is 1. The Morgan fingerprint density at radius 3 is 2.73 bits per heavy atom. The molecule has 4 rings (SSSR count). The van der Waals surface area contributed by atoms with Gasteiger partial charge in [0.1, 0.15) is 11.6 Å². The fourth-order valence-corrected chi connectivity index (χ4v) is 3.52. The Bertz CT molecular complexity index is 1320. The molecule has 0 fully saturated rings. The van der Waals surface area contributed by atoms with Crippen molar-refractivity contribution < 1.29 is 18.1 Å². The zero-order chi connectivity index (χ0) is 21.3. The molecule has 0 radical (unpaired) electrons. The quantitative estimate of drug-likeness (QED) is 0.384. The van der Waals surface area contributed by atoms with E-state index >= 15 is 0 Å². The van der Waals surface area contributed by atoms with Gasteiger partial charge in [-0.05, 0) is 31.2 Å². The smallest absolute Gasteiger partial charge is 0.315 e. The highest BCUT2D eigenvalue weighted by molar-refractivity contribution is 7.99. The van der Waals surface area contributed by atoms with E-state index in [1.165, 1.54) is 0 Å². The number of para-hydroxylation sites is 1. The molecular weight excluding hydrogens is 416 g/mol. The molecule has 4 aromatic rings. The van der Waals surface area contributed by atoms with Crippen molar-refractivity contribution in [2.45, 2.75) is 12.1 Å². The Morgan fingerprint density at radius 2 is 2.00 bits per heavy atom. The van der Waals surface area contributed by atoms with Gasteiger partial charge in [-0.15, -0.1) is 0 Å². The monoisotopic (exact) mass is 429 g/mol. The lowest BCUT2D eigenvalue weighted by Crippen LogP contribution is -2.23. The first-order valence-electron chi connectivity index (χ1n) is 8.62. The molecule has 2 heterocycles. The number of benzene rings is 2. The Morgan fingerprint density at radius 1 is 1.20 bits per heavy atom. The van der Waals surface area contributed by atoms with Crippen molar-refractivity contribution in [1.82, 2.24) is 19.7 Å². The lowest BCUT2D eigenvalue weighted by atomic mass is 10.2. The zero-order valence-electron chi connectivity index (χ0n) is 15.4. The summed E-state index contributed by atoms with van der Waals surface area (Å²) in [4.78, 5) is 33.5. The highest BCUT2D eigenvalue weighted by Gasteiger charge is 2.18. The number of hydrogen-bond acceptors (Lipinski definition) is 7. The van der Waals surface area contributed by atoms with E-state index in [0.717, 1.165) is 28.5 Å². The molecule has 0 saturated heterocycles. The van der Waals surface area contributed by atoms with Gasteiger partial charge in [-0.2, -0.15) is 4.98 Å². The van der Waals surface area contributed by atoms with Crippen LogP contribution in [0.25, 0.3) is 16.6 Å². The number of rotatable bonds is 5. The molecule has 0 bridgehead atoms. The van der Waals surface area contributed by atoms with Crippen molar-refractivity contribution >= 4 is 34.6 Å². The first-order chi connectivity index (χ1) is 14.4. The molecule has 0 aliphatic heterocycles. The standard InChI is InChI=1S/C19H13F2N5O3S/c1-10-22-18(29-25-10)24-16(27)9-30-19-23-14-5-3-2-4-12(14)17(28)26(19)15-7-6-11(20)8-13(15)21/h2-8H,9H2,1H3,(H,22,24,25,27). The summed E-state index contributed by atoms with van der Waals surface area (Å²) in [6, 6.07) is 9.35. The van der Waals surface area contributed by atoms with Crippen molar-refractivity contribution in [1.29, 1.82) is 0 Å². The minimum Gasteiger partial charge on any atom is -0.315 e. The van der Waals surface area contributed by atoms with Crippen LogP contribution in [0.15, 0.2) is 56.9 Å². The number of carbonyl (C=O) groups is 1. The van der Waals surface area contributed by atoms with Crippen molar-refractivity contribution in [3.05, 3.63) is 70.3 Å². The van der Waals surface area contributed by atoms with Crippen LogP contribution in [0.1, 0.15) is 5.82 Å². The third-order valence-electron chi connectivity index (χ3n) is 4.00. The number of aromatic nitrogens is 4. The van der Waals surface area contributed by atoms with E-state index in [2.05, 4.69) is 20.4 Å². The molecule has 0 spiro atoms. The number of hydrogen-bond donors (Lipinski definition) is 1. The Kier molecular flexibility index (Phi) is 5.27. The number of thioether (sulfide) groups is 1. The normalized spacial score (nSPS) is 11.0. The third kappa shape index (κ3) is 3.92. The molecule has 0 atom stereocenters. The number of aryl methyl sites for hydroxylation is 1. The van der Waals surface area contributed by atoms with Gasteiger partial charge in [0.2, 0.25) is 5.91 Å². The Balaban J connectivity index is 1.72. The van der Waals surface area contributed by atoms with E-state index in [0.29, 0.717) is 17.4 Å². The first kappa shape index (κ1) is 19.7. The minimum absolute atomic E-state index is 0.0634. The second-order valence-corrected chi connectivity index (χ2v) is 7.07. The summed E-state index contributed by atoms with van der Waals surface area (Å²) in [5.74, 6) is -2.01. The van der Waals surface area contributed by atoms with Crippen LogP contribution in [0, 0.1) is 18.6 Å². The number of nitrogens with one attached hydrogen (secondary N) is 1. The van der Waals surface area contributed by atoms with E-state index in [1.54, 1.807) is 31.2 Å². The van der Waals surface area contributed by atoms with Gasteiger partial charge < -0.3 is 4.52 Å². The fraction of sp³-hybridized carbons (Fsp3) is 0.105. The second kappa shape index (κ2) is 8.03. The molecule has 8 nitrogen and oxygen atoms in total. The van der Waals surface area contributed by atoms with Gasteiger partial charge in [0.05, 0.1) is 22.3 Å². The maximum atomic E-state index is 14.4. The van der Waals surface area contributed by atoms with Crippen molar-refractivity contribution in [3.63, 3.8) is 0 Å². The molecule has 1 N–H and O–H groups in total. The zero-order valence-corrected chi connectivity index (χ0v) is 16.2. The first-order valence-corrected chi connectivity index (χ1v) is 9.61. The molecule has 2 aromatic heterocycles. The largest absolute Gasteiger partial charge is 0.328 e. The highest BCUT2D eigenvalue weighted by Crippen LogP contribution is 2.23. The molecule has 30 heavy (non-hydrogen) atoms. The minimum atomic E-state index is -0.929. The molecule has 11 heteroatoms. The van der Waals surface area contributed by atoms with E-state index in [-0.39, 0.29) is 28.0 Å². The van der Waals surface area contributed by atoms with Crippen LogP contribution >= 0.6 is 11.8 Å². The molecule has 2 aromatic carbocycles. The molecule has 152 valence electrons. The van der Waals surface area contributed by atoms with Crippen LogP contribution in [-0.2, 0) is 4.79 Å². The summed E-state index contributed by atoms with van der Waals surface area (Å²) >= 11 is 0.907. The van der Waals surface area contributed by atoms with E-state index in [9.17, 15) is 18.4 Å². The Hall–Kier alpha value is -3.60. The summed E-state index contributed by atoms with van der Waals surface area (Å²) in [5.41, 5.74) is -0.326. The Labute approximate surface area is 171 Å². The van der Waals surface area contributed by atoms with E-state index in [4.69, 9.17) is 4.52 Å². The van der Waals surface area contributed by atoms with Gasteiger partial charge in [-0.3, -0.25) is 19.5 Å². The molecule has 0 unspecified atom stereocenters. The SMILES string of the molecule is Cc1noc(NC(=O)CSc2nc3ccccc3c(=O)n2-c2ccc(F)cc2F)n1. The third-order valence-corrected chi connectivity index (χ3v) is 4.94. The van der Waals surface area contributed by atoms with E-state index < -0.39 is 23.1 Å². The van der Waals surface area contributed by atoms with Crippen LogP contribution in [0.4, 0.5) is 14.8 Å². The molecular formula is C19H13F2N5O3S. The maximum Gasteiger partial charge on any atom is 0.328 e. The molecule has 0 aliphatic rings. The molecule has 1 amide bonds. The van der Waals surface area contributed by atoms with Crippen molar-refractivity contribution in [2.24, 2.45) is 0 Å². The van der Waals surface area contributed by atoms with Gasteiger partial charge in [0.25, 0.3) is 5.56 Å². The summed E-state index contributed by atoms with van der Waals surface area (Å²) < 4.78 is 33.6. The van der Waals surface area contributed by atoms with Gasteiger partial charge in [-0.1, -0.05) is 29.1 Å². The number of amides is 1. The average Bonchev–Trinajstić information content (AvgIpc) is 3.12. The fourth-order valence-electron chi connectivity index (χ4n) is 2.72. The number of nitrogens with zero attached hydrogens (tertiary/aromatic N) is 4. The van der Waals surface area contributed by atoms with Crippen molar-refractivity contribution in [3.8, 4) is 5.69 Å². The predicted molar refractivity (Wildman–Crippen MR) is 106 cm³/mol. The van der Waals surface area contributed by atoms with Crippen LogP contribution in [0.2, 0.25) is 0 Å². The lowest BCUT2D eigenvalue weighted by molar-refractivity contribution is -0.114. The van der Waals surface area contributed by atoms with Crippen LogP contribution in [-0.4, -0.2) is 31.4 Å². The molecule has 0 aliphatic carbocycles. The van der Waals surface area contributed by atoms with E-state index in [1.807, 2.05) is 0 Å². The summed E-state index contributed by atoms with van der Waals surface area (Å²) in [7, 11) is 0. The van der Waals surface area contributed by atoms with Crippen LogP contribution in [0.3, 0.4) is 0 Å². The average molecular weight is 429 g/mol. The van der Waals surface area contributed by atoms with Crippen LogP contribution < -0.4 is 10.9 Å². The van der Waals surface area contributed by atoms with Crippen LogP contribution in [0.5, 0.6) is 0 Å². The summed E-state index contributed by atoms with van der Waals surface area (Å²) in [6.45, 7) is 1.60. The maximum absolute atomic E-state index is 14.4. The van der Waals surface area contributed by atoms with Gasteiger partial charge in [0.15, 0.2) is 11.0 Å². The number of halogens is 2. The summed E-state index contributed by atoms with van der Waals surface area (Å²) in [6.07, 6.45) is 0. The second-order valence-electron chi connectivity index (χ2n) is 6.13. The number of carbonyl (C=O) groups excluding carboxylic acids is 1. The van der Waals surface area contributed by atoms with Gasteiger partial charge in [0, 0.05) is 6.07 Å². The number of anilines is 1. The summed E-state index contributed by atoms with van der Waals surface area (Å²) in [5, 5.41) is 6.32.